The van der Waals surface area contributed by atoms with E-state index in [1.807, 2.05) is 11.9 Å². The number of carbonyl (C=O) groups is 1. The van der Waals surface area contributed by atoms with E-state index in [9.17, 15) is 9.18 Å². The highest BCUT2D eigenvalue weighted by Crippen LogP contribution is 2.19. The molecule has 0 bridgehead atoms. The van der Waals surface area contributed by atoms with Gasteiger partial charge in [0.1, 0.15) is 11.5 Å². The monoisotopic (exact) mass is 344 g/mol. The van der Waals surface area contributed by atoms with Gasteiger partial charge in [0.25, 0.3) is 5.91 Å². The molecule has 0 unspecified atom stereocenters. The molecule has 0 spiro atoms. The van der Waals surface area contributed by atoms with Crippen molar-refractivity contribution in [2.75, 3.05) is 26.7 Å². The molecule has 2 aromatic rings. The number of para-hydroxylation sites is 1. The molecule has 3 rings (SSSR count). The first-order valence-corrected chi connectivity index (χ1v) is 8.89. The maximum absolute atomic E-state index is 13.9. The van der Waals surface area contributed by atoms with Crippen molar-refractivity contribution in [2.45, 2.75) is 32.2 Å². The zero-order valence-electron chi connectivity index (χ0n) is 14.9. The average Bonchev–Trinajstić information content (AvgIpc) is 3.11. The number of nitrogens with zero attached hydrogens (tertiary/aromatic N) is 4. The van der Waals surface area contributed by atoms with Crippen LogP contribution in [0.1, 0.15) is 36.5 Å². The molecule has 134 valence electrons. The van der Waals surface area contributed by atoms with E-state index in [-0.39, 0.29) is 17.8 Å². The van der Waals surface area contributed by atoms with Gasteiger partial charge in [-0.1, -0.05) is 19.1 Å². The molecular weight excluding hydrogens is 319 g/mol. The van der Waals surface area contributed by atoms with E-state index < -0.39 is 0 Å². The van der Waals surface area contributed by atoms with Crippen LogP contribution in [0.25, 0.3) is 5.69 Å². The number of carbonyl (C=O) groups excluding carboxylic acids is 1. The molecule has 1 aromatic heterocycles. The van der Waals surface area contributed by atoms with Gasteiger partial charge in [-0.2, -0.15) is 5.10 Å². The number of aromatic nitrogens is 2. The van der Waals surface area contributed by atoms with E-state index in [1.54, 1.807) is 24.4 Å². The van der Waals surface area contributed by atoms with Gasteiger partial charge < -0.3 is 9.80 Å². The number of rotatable bonds is 5. The highest BCUT2D eigenvalue weighted by atomic mass is 19.1. The number of likely N-dealkylation sites (tertiary alicyclic amines) is 1. The van der Waals surface area contributed by atoms with Gasteiger partial charge in [0.15, 0.2) is 0 Å². The Morgan fingerprint density at radius 3 is 2.72 bits per heavy atom. The van der Waals surface area contributed by atoms with Gasteiger partial charge in [-0.15, -0.1) is 0 Å². The lowest BCUT2D eigenvalue weighted by atomic mass is 10.0. The minimum atomic E-state index is -0.360. The Hall–Kier alpha value is -2.21. The van der Waals surface area contributed by atoms with Crippen LogP contribution in [-0.2, 0) is 0 Å². The molecule has 5 nitrogen and oxygen atoms in total. The van der Waals surface area contributed by atoms with Crippen molar-refractivity contribution in [1.29, 1.82) is 0 Å². The zero-order valence-corrected chi connectivity index (χ0v) is 14.9. The summed E-state index contributed by atoms with van der Waals surface area (Å²) in [5.41, 5.74) is 0.832. The average molecular weight is 344 g/mol. The number of hydrogen-bond acceptors (Lipinski definition) is 3. The molecule has 0 N–H and O–H groups in total. The molecule has 0 radical (unpaired) electrons. The van der Waals surface area contributed by atoms with Crippen LogP contribution in [0.15, 0.2) is 36.7 Å². The van der Waals surface area contributed by atoms with Crippen LogP contribution in [0.2, 0.25) is 0 Å². The third-order valence-electron chi connectivity index (χ3n) is 4.89. The topological polar surface area (TPSA) is 41.4 Å². The van der Waals surface area contributed by atoms with Crippen molar-refractivity contribution in [1.82, 2.24) is 19.6 Å². The molecule has 1 amide bonds. The number of benzene rings is 1. The predicted octanol–water partition coefficient (Wildman–Crippen LogP) is 2.96. The molecule has 6 heteroatoms. The summed E-state index contributed by atoms with van der Waals surface area (Å²) in [7, 11) is 1.85. The third kappa shape index (κ3) is 3.90. The lowest BCUT2D eigenvalue weighted by Gasteiger charge is -2.36. The standard InChI is InChI=1S/C19H25FN4O/c1-3-10-23-11-8-16(9-12-23)22(2)19(25)15-13-21-24(14-15)18-7-5-4-6-17(18)20/h4-7,13-14,16H,3,8-12H2,1-2H3. The third-order valence-corrected chi connectivity index (χ3v) is 4.89. The molecule has 25 heavy (non-hydrogen) atoms. The highest BCUT2D eigenvalue weighted by molar-refractivity contribution is 5.93. The highest BCUT2D eigenvalue weighted by Gasteiger charge is 2.26. The minimum absolute atomic E-state index is 0.0588. The Labute approximate surface area is 148 Å². The molecular formula is C19H25FN4O. The second kappa shape index (κ2) is 7.78. The molecule has 0 saturated carbocycles. The molecule has 0 aliphatic carbocycles. The number of hydrogen-bond donors (Lipinski definition) is 0. The molecule has 1 saturated heterocycles. The van der Waals surface area contributed by atoms with Gasteiger partial charge in [-0.3, -0.25) is 4.79 Å². The molecule has 1 fully saturated rings. The van der Waals surface area contributed by atoms with Crippen molar-refractivity contribution in [2.24, 2.45) is 0 Å². The van der Waals surface area contributed by atoms with Gasteiger partial charge in [0, 0.05) is 32.4 Å². The minimum Gasteiger partial charge on any atom is -0.339 e. The summed E-state index contributed by atoms with van der Waals surface area (Å²) < 4.78 is 15.3. The number of amides is 1. The SMILES string of the molecule is CCCN1CCC(N(C)C(=O)c2cnn(-c3ccccc3F)c2)CC1. The number of piperidine rings is 1. The van der Waals surface area contributed by atoms with E-state index in [1.165, 1.54) is 16.9 Å². The van der Waals surface area contributed by atoms with Gasteiger partial charge in [-0.25, -0.2) is 9.07 Å². The fraction of sp³-hybridized carbons (Fsp3) is 0.474. The normalized spacial score (nSPS) is 16.1. The van der Waals surface area contributed by atoms with E-state index in [2.05, 4.69) is 16.9 Å². The Kier molecular flexibility index (Phi) is 5.48. The molecule has 1 aliphatic rings. The predicted molar refractivity (Wildman–Crippen MR) is 95.4 cm³/mol. The van der Waals surface area contributed by atoms with Crippen LogP contribution in [0.4, 0.5) is 4.39 Å². The summed E-state index contributed by atoms with van der Waals surface area (Å²) in [5, 5.41) is 4.15. The van der Waals surface area contributed by atoms with Crippen LogP contribution < -0.4 is 0 Å². The van der Waals surface area contributed by atoms with Gasteiger partial charge >= 0.3 is 0 Å². The Balaban J connectivity index is 1.66. The second-order valence-electron chi connectivity index (χ2n) is 6.61. The van der Waals surface area contributed by atoms with E-state index in [0.717, 1.165) is 38.9 Å². The fourth-order valence-electron chi connectivity index (χ4n) is 3.42. The molecule has 1 aromatic carbocycles. The first kappa shape index (κ1) is 17.6. The maximum atomic E-state index is 13.9. The lowest BCUT2D eigenvalue weighted by Crippen LogP contribution is -2.45. The Morgan fingerprint density at radius 2 is 2.04 bits per heavy atom. The van der Waals surface area contributed by atoms with Crippen LogP contribution >= 0.6 is 0 Å². The van der Waals surface area contributed by atoms with Crippen molar-refractivity contribution in [3.05, 3.63) is 48.0 Å². The lowest BCUT2D eigenvalue weighted by molar-refractivity contribution is 0.0642. The van der Waals surface area contributed by atoms with Crippen LogP contribution in [-0.4, -0.2) is 58.2 Å². The summed E-state index contributed by atoms with van der Waals surface area (Å²) in [6, 6.07) is 6.65. The largest absolute Gasteiger partial charge is 0.339 e. The summed E-state index contributed by atoms with van der Waals surface area (Å²) in [5.74, 6) is -0.419. The smallest absolute Gasteiger partial charge is 0.257 e. The van der Waals surface area contributed by atoms with Crippen LogP contribution in [0.5, 0.6) is 0 Å². The summed E-state index contributed by atoms with van der Waals surface area (Å²) >= 11 is 0. The first-order valence-electron chi connectivity index (χ1n) is 8.89. The van der Waals surface area contributed by atoms with Crippen LogP contribution in [0.3, 0.4) is 0 Å². The maximum Gasteiger partial charge on any atom is 0.257 e. The molecule has 2 heterocycles. The van der Waals surface area contributed by atoms with Gasteiger partial charge in [-0.05, 0) is 37.9 Å². The van der Waals surface area contributed by atoms with Crippen LogP contribution in [0, 0.1) is 5.82 Å². The van der Waals surface area contributed by atoms with E-state index in [0.29, 0.717) is 11.3 Å². The quantitative estimate of drug-likeness (QED) is 0.837. The fourth-order valence-corrected chi connectivity index (χ4v) is 3.42. The van der Waals surface area contributed by atoms with Crippen molar-refractivity contribution >= 4 is 5.91 Å². The molecule has 1 aliphatic heterocycles. The summed E-state index contributed by atoms with van der Waals surface area (Å²) in [6.07, 6.45) is 6.25. The van der Waals surface area contributed by atoms with Crippen molar-refractivity contribution in [3.63, 3.8) is 0 Å². The molecule has 0 atom stereocenters. The van der Waals surface area contributed by atoms with Crippen molar-refractivity contribution < 1.29 is 9.18 Å². The Morgan fingerprint density at radius 1 is 1.32 bits per heavy atom. The zero-order chi connectivity index (χ0) is 17.8. The van der Waals surface area contributed by atoms with Gasteiger partial charge in [0.05, 0.1) is 11.8 Å². The Bertz CT molecular complexity index is 722. The summed E-state index contributed by atoms with van der Waals surface area (Å²) in [6.45, 7) is 5.38. The second-order valence-corrected chi connectivity index (χ2v) is 6.61. The number of halogens is 1. The van der Waals surface area contributed by atoms with E-state index in [4.69, 9.17) is 0 Å². The van der Waals surface area contributed by atoms with Crippen molar-refractivity contribution in [3.8, 4) is 5.69 Å². The van der Waals surface area contributed by atoms with Gasteiger partial charge in [0.2, 0.25) is 0 Å². The first-order chi connectivity index (χ1) is 12.1. The van der Waals surface area contributed by atoms with E-state index >= 15 is 0 Å². The summed E-state index contributed by atoms with van der Waals surface area (Å²) in [4.78, 5) is 17.0.